The van der Waals surface area contributed by atoms with Gasteiger partial charge in [-0.1, -0.05) is 7.43 Å². The molecule has 4 N–H and O–H groups in total. The number of carboxylic acids is 1. The number of hydrogen-bond acceptors (Lipinski definition) is 2. The van der Waals surface area contributed by atoms with E-state index in [0.29, 0.717) is 0 Å². The molecule has 0 aliphatic rings. The molecule has 0 amide bonds. The first-order valence-electron chi connectivity index (χ1n) is 0.928. The first-order valence-corrected chi connectivity index (χ1v) is 0.928. The minimum Gasteiger partial charge on any atom is -0.481 e. The van der Waals surface area contributed by atoms with Crippen molar-refractivity contribution < 1.29 is 1680 Å². The minimum absolute atomic E-state index is 0. The number of carbonyl (C=O) groups is 1. The fourth-order valence-corrected chi connectivity index (χ4v) is 0. The van der Waals surface area contributed by atoms with Crippen LogP contribution in [0.1, 0.15) is 14.4 Å². The van der Waals surface area contributed by atoms with Gasteiger partial charge in [-0.2, -0.15) is 0 Å². The van der Waals surface area contributed by atoms with E-state index in [4.69, 9.17) is 9.90 Å². The van der Waals surface area contributed by atoms with Crippen molar-refractivity contribution in [3.05, 3.63) is 0 Å². The van der Waals surface area contributed by atoms with Crippen molar-refractivity contribution in [3.63, 3.8) is 0 Å². The molecule has 44 heteroatoms. The van der Waals surface area contributed by atoms with Gasteiger partial charge in [-0.25, -0.2) is 0 Å². The summed E-state index contributed by atoms with van der Waals surface area (Å²) in [5.74, 6) is -0.833. The molecule has 47 heavy (non-hydrogen) atoms. The Balaban J connectivity index is -0.0000000000498. The summed E-state index contributed by atoms with van der Waals surface area (Å²) in [5, 5.41) is 7.42. The monoisotopic (exact) mass is 5820 g/mol. The van der Waals surface area contributed by atoms with Gasteiger partial charge in [-0.3, -0.25) is 4.79 Å². The van der Waals surface area contributed by atoms with Gasteiger partial charge >= 0.3 is 0 Å². The Kier molecular flexibility index (Phi) is 1970. The van der Waals surface area contributed by atoms with Gasteiger partial charge < -0.3 is 11.3 Å². The molecule has 0 spiro atoms. The van der Waals surface area contributed by atoms with E-state index >= 15 is 0 Å². The van der Waals surface area contributed by atoms with Gasteiger partial charge in [0, 0.05) is 1680 Å². The summed E-state index contributed by atoms with van der Waals surface area (Å²) in [4.78, 5) is 9.00. The zero-order valence-electron chi connectivity index (χ0n) is 23.5. The predicted octanol–water partition coefficient (Wildman–Crippen LogP) is 1.51. The van der Waals surface area contributed by atoms with E-state index in [-0.39, 0.29) is 1710 Å². The second-order valence-corrected chi connectivity index (χ2v) is 0.519. The third-order valence-corrected chi connectivity index (χ3v) is 0. The Morgan fingerprint density at radius 1 is 0.255 bits per heavy atom. The summed E-state index contributed by atoms with van der Waals surface area (Å²) in [6.45, 7) is 1.08. The molecule has 0 bridgehead atoms. The molecule has 0 heterocycles. The smallest absolute Gasteiger partial charge is 0.300 e. The molecule has 0 atom stereocenters. The number of halogens is 1. The van der Waals surface area contributed by atoms with Crippen molar-refractivity contribution >= 4 is 29.9 Å². The van der Waals surface area contributed by atoms with E-state index in [2.05, 4.69) is 0 Å². The van der Waals surface area contributed by atoms with Crippen LogP contribution < -0.4 is 6.15 Å². The van der Waals surface area contributed by atoms with Crippen LogP contribution in [0.3, 0.4) is 0 Å². The standard InChI is InChI=1S/C2H4O2.CH4.40Ce.HI.H3N/c1-2(3)4;;;;;;;;;;;;;;;;;;;;;;;;;;;;;;;;;;;;;;;;;;;/h1H3,(H,3,4);1H4;;;;;;;;;;;;;;;;;;;;;;;;;;;;;;;;;;;;;;;;;1H;1H3. The molecule has 0 fully saturated rings. The van der Waals surface area contributed by atoms with Crippen LogP contribution in [0.5, 0.6) is 0 Å². The second kappa shape index (κ2) is 300. The number of aliphatic carboxylic acids is 1. The van der Waals surface area contributed by atoms with Crippen molar-refractivity contribution in [3.8, 4) is 0 Å². The SMILES string of the molecule is C.CC(=O)O.I.N.[Ce].[Ce].[Ce].[Ce].[Ce].[Ce].[Ce].[Ce].[Ce].[Ce].[Ce].[Ce].[Ce].[Ce].[Ce].[Ce].[Ce].[Ce].[Ce].[Ce].[Ce].[Ce].[Ce].[Ce].[Ce].[Ce].[Ce].[Ce].[Ce].[Ce].[Ce].[Ce].[Ce].[Ce].[Ce].[Ce].[Ce].[Ce].[Ce].[Ce]. The molecule has 0 saturated heterocycles. The van der Waals surface area contributed by atoms with Gasteiger partial charge in [0.15, 0.2) is 0 Å². The summed E-state index contributed by atoms with van der Waals surface area (Å²) in [7, 11) is 0. The van der Waals surface area contributed by atoms with Gasteiger partial charge in [0.1, 0.15) is 0 Å². The van der Waals surface area contributed by atoms with E-state index in [9.17, 15) is 0 Å². The number of carboxylic acid groups (broad SMARTS) is 1. The number of hydrogen-bond donors (Lipinski definition) is 2. The van der Waals surface area contributed by atoms with Crippen LogP contribution >= 0.6 is 24.0 Å². The van der Waals surface area contributed by atoms with Gasteiger partial charge in [-0.05, 0) is 0 Å². The molecular formula is C3H12Ce40INO2. The summed E-state index contributed by atoms with van der Waals surface area (Å²) >= 11 is 0. The predicted molar refractivity (Wildman–Crippen MR) is 40.5 cm³/mol. The van der Waals surface area contributed by atoms with E-state index in [1.54, 1.807) is 0 Å². The molecule has 0 aromatic carbocycles. The van der Waals surface area contributed by atoms with Gasteiger partial charge in [0.2, 0.25) is 0 Å². The van der Waals surface area contributed by atoms with Crippen molar-refractivity contribution in [2.24, 2.45) is 0 Å². The molecule has 208 valence electrons. The molecule has 3 nitrogen and oxygen atoms in total. The van der Waals surface area contributed by atoms with E-state index < -0.39 is 5.97 Å². The zero-order valence-corrected chi connectivity index (χ0v) is 151. The van der Waals surface area contributed by atoms with Crippen LogP contribution in [0.25, 0.3) is 0 Å². The fraction of sp³-hybridized carbons (Fsp3) is 0.667. The third kappa shape index (κ3) is 327. The first-order chi connectivity index (χ1) is 1.73. The van der Waals surface area contributed by atoms with Gasteiger partial charge in [0.05, 0.1) is 0 Å². The average molecular weight is 5830 g/mol. The average Bonchev–Trinajstić information content (AvgIpc) is 0.811. The molecule has 0 unspecified atom stereocenters. The molecular weight excluding hydrogens is 5810 g/mol. The van der Waals surface area contributed by atoms with Gasteiger partial charge in [0.25, 0.3) is 5.97 Å². The molecule has 0 aromatic rings. The third-order valence-electron chi connectivity index (χ3n) is 0. The molecule has 0 radical (unpaired) electrons. The van der Waals surface area contributed by atoms with Gasteiger partial charge in [-0.15, -0.1) is 24.0 Å². The minimum atomic E-state index is -0.833. The van der Waals surface area contributed by atoms with Crippen molar-refractivity contribution in [1.29, 1.82) is 0 Å². The summed E-state index contributed by atoms with van der Waals surface area (Å²) in [6.07, 6.45) is 0. The van der Waals surface area contributed by atoms with Crippen LogP contribution in [-0.2, 0) is 4.79 Å². The molecule has 0 aliphatic carbocycles. The van der Waals surface area contributed by atoms with Crippen LogP contribution in [-0.4, -0.2) is 11.1 Å². The fourth-order valence-electron chi connectivity index (χ4n) is 0. The Morgan fingerprint density at radius 2 is 0.255 bits per heavy atom. The number of rotatable bonds is 0. The zero-order chi connectivity index (χ0) is 3.58. The molecule has 0 aromatic heterocycles. The van der Waals surface area contributed by atoms with Crippen LogP contribution in [0.2, 0.25) is 0 Å². The van der Waals surface area contributed by atoms with E-state index in [1.807, 2.05) is 0 Å². The van der Waals surface area contributed by atoms with Crippen LogP contribution in [0.4, 0.5) is 0 Å². The Labute approximate surface area is 1660 Å². The molecule has 0 rings (SSSR count). The molecule has 0 aliphatic heterocycles. The second-order valence-electron chi connectivity index (χ2n) is 0.519. The van der Waals surface area contributed by atoms with E-state index in [1.165, 1.54) is 0 Å². The summed E-state index contributed by atoms with van der Waals surface area (Å²) < 4.78 is 0. The van der Waals surface area contributed by atoms with Crippen molar-refractivity contribution in [1.82, 2.24) is 6.15 Å². The maximum absolute atomic E-state index is 9.00. The van der Waals surface area contributed by atoms with Crippen LogP contribution in [0, 0.1) is 1670 Å². The topological polar surface area (TPSA) is 72.3 Å². The largest absolute Gasteiger partial charge is 0.481 e. The maximum Gasteiger partial charge on any atom is 0.300 e. The van der Waals surface area contributed by atoms with Crippen molar-refractivity contribution in [2.75, 3.05) is 0 Å². The quantitative estimate of drug-likeness (QED) is 0.362. The van der Waals surface area contributed by atoms with Crippen LogP contribution in [0.15, 0.2) is 0 Å². The maximum atomic E-state index is 9.00. The Bertz CT molecular complexity index is 64.5. The molecule has 0 saturated carbocycles. The Hall–Kier alpha value is 55.2. The summed E-state index contributed by atoms with van der Waals surface area (Å²) in [5.41, 5.74) is 0. The van der Waals surface area contributed by atoms with E-state index in [0.717, 1.165) is 6.92 Å². The summed E-state index contributed by atoms with van der Waals surface area (Å²) in [6, 6.07) is 0. The normalized spacial score (nSPS) is 0.532. The van der Waals surface area contributed by atoms with Crippen molar-refractivity contribution in [2.45, 2.75) is 14.4 Å². The Morgan fingerprint density at radius 3 is 0.255 bits per heavy atom. The first kappa shape index (κ1) is 309.